The molecule has 108 valence electrons. The van der Waals surface area contributed by atoms with E-state index in [9.17, 15) is 13.6 Å². The topological polar surface area (TPSA) is 55.1 Å². The molecule has 1 amide bonds. The second-order valence-electron chi connectivity index (χ2n) is 5.90. The zero-order valence-electron chi connectivity index (χ0n) is 11.2. The molecule has 3 N–H and O–H groups in total. The van der Waals surface area contributed by atoms with E-state index in [-0.39, 0.29) is 11.3 Å². The molecule has 0 aromatic heterocycles. The SMILES string of the molecule is Nc1cc(F)c(F)cc1C(=O)NCC(C1CC1)C1CC1. The van der Waals surface area contributed by atoms with Crippen molar-refractivity contribution in [2.45, 2.75) is 25.7 Å². The zero-order chi connectivity index (χ0) is 14.3. The van der Waals surface area contributed by atoms with Crippen LogP contribution in [0.25, 0.3) is 0 Å². The highest BCUT2D eigenvalue weighted by Gasteiger charge is 2.41. The van der Waals surface area contributed by atoms with Crippen LogP contribution in [-0.4, -0.2) is 12.5 Å². The average molecular weight is 280 g/mol. The Balaban J connectivity index is 1.65. The molecule has 5 heteroatoms. The molecule has 3 nitrogen and oxygen atoms in total. The lowest BCUT2D eigenvalue weighted by Gasteiger charge is -2.16. The highest BCUT2D eigenvalue weighted by molar-refractivity contribution is 5.99. The Bertz CT molecular complexity index is 527. The predicted octanol–water partition coefficient (Wildman–Crippen LogP) is 2.71. The molecule has 2 aliphatic carbocycles. The maximum atomic E-state index is 13.2. The summed E-state index contributed by atoms with van der Waals surface area (Å²) < 4.78 is 26.2. The number of amides is 1. The molecule has 0 spiro atoms. The van der Waals surface area contributed by atoms with E-state index in [0.29, 0.717) is 12.5 Å². The quantitative estimate of drug-likeness (QED) is 0.815. The van der Waals surface area contributed by atoms with E-state index in [1.165, 1.54) is 25.7 Å². The van der Waals surface area contributed by atoms with Crippen LogP contribution in [0.4, 0.5) is 14.5 Å². The summed E-state index contributed by atoms with van der Waals surface area (Å²) in [6, 6.07) is 1.72. The molecule has 1 aromatic rings. The van der Waals surface area contributed by atoms with Gasteiger partial charge in [-0.3, -0.25) is 4.79 Å². The van der Waals surface area contributed by atoms with Crippen molar-refractivity contribution >= 4 is 11.6 Å². The van der Waals surface area contributed by atoms with Gasteiger partial charge < -0.3 is 11.1 Å². The summed E-state index contributed by atoms with van der Waals surface area (Å²) in [5, 5.41) is 2.82. The van der Waals surface area contributed by atoms with Crippen molar-refractivity contribution in [2.24, 2.45) is 17.8 Å². The van der Waals surface area contributed by atoms with Crippen molar-refractivity contribution in [3.05, 3.63) is 29.3 Å². The first kappa shape index (κ1) is 13.3. The molecule has 0 bridgehead atoms. The Morgan fingerprint density at radius 3 is 2.30 bits per heavy atom. The molecular weight excluding hydrogens is 262 g/mol. The van der Waals surface area contributed by atoms with Crippen molar-refractivity contribution < 1.29 is 13.6 Å². The number of nitrogen functional groups attached to an aromatic ring is 1. The summed E-state index contributed by atoms with van der Waals surface area (Å²) in [7, 11) is 0. The highest BCUT2D eigenvalue weighted by Crippen LogP contribution is 2.48. The van der Waals surface area contributed by atoms with Crippen LogP contribution in [0.5, 0.6) is 0 Å². The van der Waals surface area contributed by atoms with Crippen LogP contribution in [0.1, 0.15) is 36.0 Å². The third-order valence-electron chi connectivity index (χ3n) is 4.29. The van der Waals surface area contributed by atoms with E-state index in [0.717, 1.165) is 24.0 Å². The summed E-state index contributed by atoms with van der Waals surface area (Å²) in [4.78, 5) is 12.0. The normalized spacial score (nSPS) is 18.4. The number of nitrogens with one attached hydrogen (secondary N) is 1. The van der Waals surface area contributed by atoms with Crippen molar-refractivity contribution in [3.63, 3.8) is 0 Å². The predicted molar refractivity (Wildman–Crippen MR) is 72.0 cm³/mol. The van der Waals surface area contributed by atoms with Crippen LogP contribution in [0, 0.1) is 29.4 Å². The summed E-state index contributed by atoms with van der Waals surface area (Å²) in [6.45, 7) is 0.604. The van der Waals surface area contributed by atoms with Gasteiger partial charge in [-0.05, 0) is 49.5 Å². The van der Waals surface area contributed by atoms with E-state index in [1.807, 2.05) is 0 Å². The van der Waals surface area contributed by atoms with Crippen molar-refractivity contribution in [1.29, 1.82) is 0 Å². The molecule has 2 aliphatic rings. The Kier molecular flexibility index (Phi) is 3.36. The number of rotatable bonds is 5. The first-order valence-electron chi connectivity index (χ1n) is 7.09. The molecule has 20 heavy (non-hydrogen) atoms. The molecule has 3 rings (SSSR count). The van der Waals surface area contributed by atoms with Gasteiger partial charge in [0.15, 0.2) is 11.6 Å². The van der Waals surface area contributed by atoms with Gasteiger partial charge in [-0.25, -0.2) is 8.78 Å². The van der Waals surface area contributed by atoms with Crippen LogP contribution >= 0.6 is 0 Å². The van der Waals surface area contributed by atoms with E-state index in [1.54, 1.807) is 0 Å². The Morgan fingerprint density at radius 1 is 1.20 bits per heavy atom. The van der Waals surface area contributed by atoms with Gasteiger partial charge in [-0.15, -0.1) is 0 Å². The number of carbonyl (C=O) groups is 1. The molecule has 0 saturated heterocycles. The lowest BCUT2D eigenvalue weighted by atomic mass is 9.98. The first-order valence-corrected chi connectivity index (χ1v) is 7.09. The summed E-state index contributed by atoms with van der Waals surface area (Å²) in [5.74, 6) is -0.522. The van der Waals surface area contributed by atoms with Gasteiger partial charge in [0.25, 0.3) is 5.91 Å². The van der Waals surface area contributed by atoms with Crippen molar-refractivity contribution in [1.82, 2.24) is 5.32 Å². The molecule has 0 atom stereocenters. The fourth-order valence-corrected chi connectivity index (χ4v) is 2.83. The van der Waals surface area contributed by atoms with E-state index < -0.39 is 17.5 Å². The molecule has 0 radical (unpaired) electrons. The molecule has 0 heterocycles. The third kappa shape index (κ3) is 2.76. The lowest BCUT2D eigenvalue weighted by Crippen LogP contribution is -2.31. The second-order valence-corrected chi connectivity index (χ2v) is 5.90. The Morgan fingerprint density at radius 2 is 1.75 bits per heavy atom. The molecule has 0 unspecified atom stereocenters. The Labute approximate surface area is 116 Å². The second kappa shape index (κ2) is 5.04. The van der Waals surface area contributed by atoms with E-state index >= 15 is 0 Å². The maximum Gasteiger partial charge on any atom is 0.253 e. The number of halogens is 2. The molecule has 0 aliphatic heterocycles. The van der Waals surface area contributed by atoms with Crippen LogP contribution in [0.3, 0.4) is 0 Å². The largest absolute Gasteiger partial charge is 0.398 e. The van der Waals surface area contributed by atoms with E-state index in [2.05, 4.69) is 5.32 Å². The van der Waals surface area contributed by atoms with Crippen LogP contribution in [0.2, 0.25) is 0 Å². The monoisotopic (exact) mass is 280 g/mol. The number of nitrogens with two attached hydrogens (primary N) is 1. The zero-order valence-corrected chi connectivity index (χ0v) is 11.2. The van der Waals surface area contributed by atoms with Gasteiger partial charge in [0, 0.05) is 18.3 Å². The summed E-state index contributed by atoms with van der Waals surface area (Å²) in [6.07, 6.45) is 4.96. The highest BCUT2D eigenvalue weighted by atomic mass is 19.2. The first-order chi connectivity index (χ1) is 9.56. The minimum atomic E-state index is -1.05. The minimum Gasteiger partial charge on any atom is -0.398 e. The summed E-state index contributed by atoms with van der Waals surface area (Å²) >= 11 is 0. The number of carbonyl (C=O) groups excluding carboxylic acids is 1. The fourth-order valence-electron chi connectivity index (χ4n) is 2.83. The number of benzene rings is 1. The number of hydrogen-bond donors (Lipinski definition) is 2. The summed E-state index contributed by atoms with van der Waals surface area (Å²) in [5.41, 5.74) is 5.55. The van der Waals surface area contributed by atoms with Gasteiger partial charge in [-0.2, -0.15) is 0 Å². The smallest absolute Gasteiger partial charge is 0.253 e. The van der Waals surface area contributed by atoms with Gasteiger partial charge in [0.1, 0.15) is 0 Å². The number of hydrogen-bond acceptors (Lipinski definition) is 2. The van der Waals surface area contributed by atoms with Crippen molar-refractivity contribution in [3.8, 4) is 0 Å². The van der Waals surface area contributed by atoms with Crippen molar-refractivity contribution in [2.75, 3.05) is 12.3 Å². The lowest BCUT2D eigenvalue weighted by molar-refractivity contribution is 0.0943. The molecule has 2 fully saturated rings. The van der Waals surface area contributed by atoms with Crippen LogP contribution in [-0.2, 0) is 0 Å². The maximum absolute atomic E-state index is 13.2. The Hall–Kier alpha value is -1.65. The van der Waals surface area contributed by atoms with Gasteiger partial charge >= 0.3 is 0 Å². The van der Waals surface area contributed by atoms with Crippen LogP contribution in [0.15, 0.2) is 12.1 Å². The third-order valence-corrected chi connectivity index (χ3v) is 4.29. The standard InChI is InChI=1S/C15H18F2N2O/c16-12-5-10(14(18)6-13(12)17)15(20)19-7-11(8-1-2-8)9-3-4-9/h5-6,8-9,11H,1-4,7,18H2,(H,19,20). The molecule has 2 saturated carbocycles. The molecule has 1 aromatic carbocycles. The molecular formula is C15H18F2N2O. The number of anilines is 1. The minimum absolute atomic E-state index is 0.00856. The van der Waals surface area contributed by atoms with Gasteiger partial charge in [-0.1, -0.05) is 0 Å². The van der Waals surface area contributed by atoms with E-state index in [4.69, 9.17) is 5.73 Å². The van der Waals surface area contributed by atoms with Gasteiger partial charge in [0.05, 0.1) is 5.56 Å². The van der Waals surface area contributed by atoms with Gasteiger partial charge in [0.2, 0.25) is 0 Å². The van der Waals surface area contributed by atoms with Crippen LogP contribution < -0.4 is 11.1 Å². The average Bonchev–Trinajstić information content (AvgIpc) is 3.26. The fraction of sp³-hybridized carbons (Fsp3) is 0.533.